The van der Waals surface area contributed by atoms with Crippen LogP contribution >= 0.6 is 11.6 Å². The Balaban J connectivity index is 1.54. The fraction of sp³-hybridized carbons (Fsp3) is 0.478. The highest BCUT2D eigenvalue weighted by Crippen LogP contribution is 2.51. The number of anilines is 1. The molecule has 0 spiro atoms. The Labute approximate surface area is 193 Å². The highest BCUT2D eigenvalue weighted by Gasteiger charge is 2.43. The van der Waals surface area contributed by atoms with Gasteiger partial charge in [0.15, 0.2) is 0 Å². The molecule has 4 atom stereocenters. The van der Waals surface area contributed by atoms with E-state index in [1.807, 2.05) is 30.3 Å². The molecule has 9 heteroatoms. The van der Waals surface area contributed by atoms with Crippen LogP contribution in [-0.2, 0) is 14.8 Å². The second kappa shape index (κ2) is 10.1. The molecule has 3 N–H and O–H groups in total. The molecule has 0 radical (unpaired) electrons. The van der Waals surface area contributed by atoms with Crippen LogP contribution in [0, 0.1) is 11.7 Å². The summed E-state index contributed by atoms with van der Waals surface area (Å²) in [6.45, 7) is 0.842. The maximum absolute atomic E-state index is 14.8. The molecule has 0 aliphatic carbocycles. The molecule has 0 amide bonds. The molecule has 2 aliphatic rings. The molecule has 2 aromatic carbocycles. The summed E-state index contributed by atoms with van der Waals surface area (Å²) in [5, 5.41) is 6.64. The molecule has 0 bridgehead atoms. The Morgan fingerprint density at radius 3 is 2.75 bits per heavy atom. The minimum Gasteiger partial charge on any atom is -0.375 e. The van der Waals surface area contributed by atoms with Crippen LogP contribution in [0.3, 0.4) is 0 Å². The topological polar surface area (TPSA) is 79.5 Å². The van der Waals surface area contributed by atoms with Gasteiger partial charge < -0.3 is 15.4 Å². The monoisotopic (exact) mass is 481 g/mol. The summed E-state index contributed by atoms with van der Waals surface area (Å²) in [6.07, 6.45) is 1.40. The lowest BCUT2D eigenvalue weighted by atomic mass is 9.76. The highest BCUT2D eigenvalue weighted by atomic mass is 35.5. The Morgan fingerprint density at radius 2 is 2.00 bits per heavy atom. The van der Waals surface area contributed by atoms with Gasteiger partial charge in [-0.3, -0.25) is 0 Å². The molecule has 2 aliphatic heterocycles. The van der Waals surface area contributed by atoms with Crippen molar-refractivity contribution in [2.24, 2.45) is 5.92 Å². The third-order valence-corrected chi connectivity index (χ3v) is 7.85. The third-order valence-electron chi connectivity index (χ3n) is 6.20. The van der Waals surface area contributed by atoms with E-state index in [0.29, 0.717) is 35.7 Å². The fourth-order valence-electron chi connectivity index (χ4n) is 4.66. The van der Waals surface area contributed by atoms with E-state index in [-0.39, 0.29) is 36.5 Å². The lowest BCUT2D eigenvalue weighted by Crippen LogP contribution is -2.43. The molecule has 1 saturated heterocycles. The van der Waals surface area contributed by atoms with Crippen molar-refractivity contribution in [2.75, 3.05) is 31.2 Å². The van der Waals surface area contributed by atoms with Gasteiger partial charge in [0.25, 0.3) is 0 Å². The van der Waals surface area contributed by atoms with Crippen molar-refractivity contribution in [2.45, 2.75) is 37.5 Å². The molecular weight excluding hydrogens is 453 g/mol. The van der Waals surface area contributed by atoms with Crippen LogP contribution in [0.1, 0.15) is 42.5 Å². The Morgan fingerprint density at radius 1 is 1.22 bits per heavy atom. The lowest BCUT2D eigenvalue weighted by Gasteiger charge is -2.45. The van der Waals surface area contributed by atoms with Gasteiger partial charge in [-0.25, -0.2) is 17.5 Å². The van der Waals surface area contributed by atoms with Gasteiger partial charge in [-0.15, -0.1) is 0 Å². The van der Waals surface area contributed by atoms with Crippen molar-refractivity contribution < 1.29 is 17.5 Å². The van der Waals surface area contributed by atoms with Gasteiger partial charge >= 0.3 is 0 Å². The van der Waals surface area contributed by atoms with E-state index in [9.17, 15) is 12.8 Å². The summed E-state index contributed by atoms with van der Waals surface area (Å²) < 4.78 is 48.5. The smallest absolute Gasteiger partial charge is 0.211 e. The van der Waals surface area contributed by atoms with E-state index in [1.165, 1.54) is 6.07 Å². The van der Waals surface area contributed by atoms with Crippen LogP contribution in [-0.4, -0.2) is 40.4 Å². The van der Waals surface area contributed by atoms with E-state index in [2.05, 4.69) is 15.4 Å². The first-order valence-corrected chi connectivity index (χ1v) is 13.0. The first kappa shape index (κ1) is 23.4. The average Bonchev–Trinajstić information content (AvgIpc) is 2.78. The second-order valence-electron chi connectivity index (χ2n) is 8.43. The number of nitrogens with one attached hydrogen (secondary N) is 3. The highest BCUT2D eigenvalue weighted by molar-refractivity contribution is 7.89. The zero-order valence-corrected chi connectivity index (χ0v) is 19.6. The second-order valence-corrected chi connectivity index (χ2v) is 10.8. The van der Waals surface area contributed by atoms with Crippen molar-refractivity contribution in [3.05, 3.63) is 64.4 Å². The van der Waals surface area contributed by atoms with Crippen molar-refractivity contribution in [3.63, 3.8) is 0 Å². The zero-order chi connectivity index (χ0) is 22.7. The largest absolute Gasteiger partial charge is 0.375 e. The summed E-state index contributed by atoms with van der Waals surface area (Å²) in [6, 6.07) is 12.9. The van der Waals surface area contributed by atoms with Crippen molar-refractivity contribution >= 4 is 27.3 Å². The molecule has 6 nitrogen and oxygen atoms in total. The third kappa shape index (κ3) is 5.26. The Kier molecular flexibility index (Phi) is 7.37. The van der Waals surface area contributed by atoms with Gasteiger partial charge in [0.05, 0.1) is 29.7 Å². The minimum absolute atomic E-state index is 0.0657. The maximum Gasteiger partial charge on any atom is 0.211 e. The number of fused-ring (bicyclic) bond motifs is 3. The molecule has 0 unspecified atom stereocenters. The number of hydrogen-bond acceptors (Lipinski definition) is 5. The summed E-state index contributed by atoms with van der Waals surface area (Å²) >= 11 is 6.16. The number of hydrogen-bond donors (Lipinski definition) is 3. The average molecular weight is 482 g/mol. The van der Waals surface area contributed by atoms with Crippen LogP contribution in [0.15, 0.2) is 42.5 Å². The van der Waals surface area contributed by atoms with E-state index >= 15 is 0 Å². The van der Waals surface area contributed by atoms with Crippen molar-refractivity contribution in [1.82, 2.24) is 10.0 Å². The van der Waals surface area contributed by atoms with Crippen LogP contribution in [0.5, 0.6) is 0 Å². The molecule has 174 valence electrons. The van der Waals surface area contributed by atoms with Crippen molar-refractivity contribution in [3.8, 4) is 0 Å². The number of sulfonamides is 1. The van der Waals surface area contributed by atoms with Gasteiger partial charge in [0.1, 0.15) is 5.82 Å². The molecule has 32 heavy (non-hydrogen) atoms. The van der Waals surface area contributed by atoms with Gasteiger partial charge in [-0.2, -0.15) is 0 Å². The standard InChI is InChI=1S/C23H29ClFN3O3S/c1-26-10-5-11-32(29,30)27-14-17-8-9-18-21(15-6-3-2-4-7-15)28-22-19(23(18)31-17)12-16(24)13-20(22)25/h2-4,6-7,12-13,17-18,21,23,26-28H,5,8-11,14H2,1H3/t17-,18+,21+,23+/m1/s1. The number of rotatable bonds is 8. The van der Waals surface area contributed by atoms with E-state index in [4.69, 9.17) is 16.3 Å². The van der Waals surface area contributed by atoms with Gasteiger partial charge in [-0.1, -0.05) is 41.9 Å². The Hall–Kier alpha value is -1.71. The van der Waals surface area contributed by atoms with E-state index < -0.39 is 15.8 Å². The predicted octanol–water partition coefficient (Wildman–Crippen LogP) is 4.01. The summed E-state index contributed by atoms with van der Waals surface area (Å²) in [4.78, 5) is 0. The zero-order valence-electron chi connectivity index (χ0n) is 18.0. The molecule has 0 saturated carbocycles. The SMILES string of the molecule is CNCCCS(=O)(=O)NC[C@H]1CC[C@@H]2[C@H](O1)c1cc(Cl)cc(F)c1N[C@H]2c1ccccc1. The number of halogens is 2. The normalized spacial score (nSPS) is 25.0. The molecule has 2 heterocycles. The van der Waals surface area contributed by atoms with Crippen LogP contribution in [0.25, 0.3) is 0 Å². The van der Waals surface area contributed by atoms with Gasteiger partial charge in [0, 0.05) is 23.0 Å². The van der Waals surface area contributed by atoms with Crippen LogP contribution in [0.2, 0.25) is 5.02 Å². The molecule has 4 rings (SSSR count). The fourth-order valence-corrected chi connectivity index (χ4v) is 5.98. The summed E-state index contributed by atoms with van der Waals surface area (Å²) in [5.41, 5.74) is 2.15. The molecular formula is C23H29ClFN3O3S. The quantitative estimate of drug-likeness (QED) is 0.496. The van der Waals surface area contributed by atoms with E-state index in [1.54, 1.807) is 13.1 Å². The van der Waals surface area contributed by atoms with Crippen molar-refractivity contribution in [1.29, 1.82) is 0 Å². The molecule has 0 aromatic heterocycles. The van der Waals surface area contributed by atoms with E-state index in [0.717, 1.165) is 12.0 Å². The first-order valence-electron chi connectivity index (χ1n) is 11.0. The van der Waals surface area contributed by atoms with Crippen LogP contribution < -0.4 is 15.4 Å². The summed E-state index contributed by atoms with van der Waals surface area (Å²) in [7, 11) is -1.58. The maximum atomic E-state index is 14.8. The van der Waals surface area contributed by atoms with Crippen LogP contribution in [0.4, 0.5) is 10.1 Å². The van der Waals surface area contributed by atoms with Gasteiger partial charge in [-0.05, 0) is 50.6 Å². The molecule has 1 fully saturated rings. The molecule has 2 aromatic rings. The lowest BCUT2D eigenvalue weighted by molar-refractivity contribution is -0.0901. The Bertz CT molecular complexity index is 1040. The minimum atomic E-state index is -3.37. The first-order chi connectivity index (χ1) is 15.4. The number of ether oxygens (including phenoxy) is 1. The van der Waals surface area contributed by atoms with Gasteiger partial charge in [0.2, 0.25) is 10.0 Å². The predicted molar refractivity (Wildman–Crippen MR) is 125 cm³/mol. The number of benzene rings is 2. The summed E-state index contributed by atoms with van der Waals surface area (Å²) in [5.74, 6) is -0.273.